The number of carbonyl (C=O) groups is 22. The average Bonchev–Trinajstić information content (AvgIpc) is 0.823. The van der Waals surface area contributed by atoms with Crippen LogP contribution in [0.25, 0.3) is 0 Å². The van der Waals surface area contributed by atoms with Crippen LogP contribution in [0.15, 0.2) is 60.7 Å². The van der Waals surface area contributed by atoms with Crippen molar-refractivity contribution in [1.29, 1.82) is 5.41 Å². The second-order valence-corrected chi connectivity index (χ2v) is 35.2. The minimum absolute atomic E-state index is 0.00224. The quantitative estimate of drug-likeness (QED) is 0.0127. The first kappa shape index (κ1) is 127. The lowest BCUT2D eigenvalue weighted by atomic mass is 9.97. The number of hydrogen-bond acceptors (Lipinski definition) is 32. The minimum Gasteiger partial charge on any atom is -0.481 e. The third kappa shape index (κ3) is 48.4. The summed E-state index contributed by atoms with van der Waals surface area (Å²) >= 11 is 3.88. The van der Waals surface area contributed by atoms with E-state index in [-0.39, 0.29) is 56.9 Å². The Morgan fingerprint density at radius 2 is 0.669 bits per heavy atom. The Morgan fingerprint density at radius 1 is 0.352 bits per heavy atom. The van der Waals surface area contributed by atoms with Crippen LogP contribution in [0.1, 0.15) is 144 Å². The number of rotatable bonds is 69. The Hall–Kier alpha value is -13.9. The lowest BCUT2D eigenvalue weighted by Crippen LogP contribution is -2.63. The van der Waals surface area contributed by atoms with Gasteiger partial charge in [0.15, 0.2) is 5.96 Å². The van der Waals surface area contributed by atoms with Crippen molar-refractivity contribution in [3.63, 3.8) is 0 Å². The van der Waals surface area contributed by atoms with Gasteiger partial charge in [-0.2, -0.15) is 12.6 Å². The molecule has 2 aromatic carbocycles. The van der Waals surface area contributed by atoms with Crippen LogP contribution in [0.4, 0.5) is 0 Å². The van der Waals surface area contributed by atoms with E-state index in [4.69, 9.17) is 22.6 Å². The number of thiol groups is 1. The van der Waals surface area contributed by atoms with Crippen molar-refractivity contribution >= 4 is 149 Å². The van der Waals surface area contributed by atoms with Gasteiger partial charge < -0.3 is 169 Å². The molecule has 20 atom stereocenters. The van der Waals surface area contributed by atoms with Gasteiger partial charge in [-0.3, -0.25) is 106 Å². The van der Waals surface area contributed by atoms with E-state index in [1.165, 1.54) is 45.0 Å². The third-order valence-corrected chi connectivity index (χ3v) is 22.3. The number of nitrogens with one attached hydrogen (secondary N) is 21. The standard InChI is InChI=1S/C89H142N24O31S/c1-10-45(6)69(84(139)107-60(41-116)77(132)98-37-64(122)109-68(44(4)5)83(138)102-54(27-29-67(126)127)79(134)108-61(42-145)88(143)144)111-87(142)72(48(9)119)113-81(136)55(32-43(2)3)106-86(141)71(47(8)118)112-82(137)57(34-50-22-15-12-16-23-50)105-78(133)53(26-28-66(124)125)103-85(140)70(46(7)117)110-65(123)38-97-76(131)59(40-115)100-63(121)36-96-75(130)58(39-114)99-62(120)35-95-74(129)52(25-17-18-30-90)101-80(135)56(33-49-20-13-11-14-21-49)104-73(128)51(91)24-19-31-94-89(92)93/h11-16,20-23,43-48,51-61,68-72,114-119,145H,10,17-19,24-42,90-91H2,1-9H3,(H,95,129)(H,96,130)(H,97,131)(H,98,132)(H,99,120)(H,100,121)(H,101,135)(H,102,138)(H,103,140)(H,104,128)(H,105,133)(H,106,141)(H,107,139)(H,108,134)(H,109,122)(H,110,123)(H,111,142)(H,112,137)(H,113,136)(H,124,125)(H,126,127)(H,143,144)(H4,92,93,94)/t45-,46+,47+,48+,51-,52-,53-,54-,55-,56-,57-,58-,59-,60-,61-,68-,69-,70-,71-,72-/m0/s1. The average molecular weight is 2080 g/mol. The van der Waals surface area contributed by atoms with Crippen LogP contribution in [0.3, 0.4) is 0 Å². The van der Waals surface area contributed by atoms with Gasteiger partial charge in [0.25, 0.3) is 0 Å². The molecule has 0 unspecified atom stereocenters. The number of aliphatic hydroxyl groups excluding tert-OH is 6. The minimum atomic E-state index is -2.04. The highest BCUT2D eigenvalue weighted by Crippen LogP contribution is 2.16. The van der Waals surface area contributed by atoms with Crippen molar-refractivity contribution in [2.45, 2.75) is 261 Å². The summed E-state index contributed by atoms with van der Waals surface area (Å²) in [5.41, 5.74) is 18.1. The summed E-state index contributed by atoms with van der Waals surface area (Å²) in [4.78, 5) is 295. The molecule has 55 nitrogen and oxygen atoms in total. The van der Waals surface area contributed by atoms with Crippen molar-refractivity contribution in [3.8, 4) is 0 Å². The molecule has 2 rings (SSSR count). The summed E-state index contributed by atoms with van der Waals surface area (Å²) in [6, 6.07) is -10.6. The number of unbranched alkanes of at least 4 members (excludes halogenated alkanes) is 1. The molecule has 2 aromatic rings. The Morgan fingerprint density at radius 3 is 1.05 bits per heavy atom. The summed E-state index contributed by atoms with van der Waals surface area (Å²) in [7, 11) is 0. The molecule has 56 heteroatoms. The van der Waals surface area contributed by atoms with E-state index in [1.54, 1.807) is 57.2 Å². The molecule has 0 radical (unpaired) electrons. The molecule has 0 saturated heterocycles. The molecular formula is C89H142N24O31S. The predicted octanol–water partition coefficient (Wildman–Crippen LogP) is -12.5. The van der Waals surface area contributed by atoms with E-state index in [1.807, 2.05) is 0 Å². The van der Waals surface area contributed by atoms with E-state index in [2.05, 4.69) is 119 Å². The lowest BCUT2D eigenvalue weighted by molar-refractivity contribution is -0.142. The number of benzene rings is 2. The first-order chi connectivity index (χ1) is 68.3. The maximum absolute atomic E-state index is 14.6. The number of amides is 19. The topological polar surface area (TPSA) is 900 Å². The molecule has 810 valence electrons. The molecule has 0 aliphatic carbocycles. The van der Waals surface area contributed by atoms with Gasteiger partial charge in [-0.15, -0.1) is 0 Å². The molecule has 0 aromatic heterocycles. The van der Waals surface area contributed by atoms with Gasteiger partial charge in [-0.1, -0.05) is 109 Å². The van der Waals surface area contributed by atoms with Gasteiger partial charge in [0.2, 0.25) is 112 Å². The maximum Gasteiger partial charge on any atom is 0.327 e. The fourth-order valence-electron chi connectivity index (χ4n) is 13.5. The molecule has 0 spiro atoms. The summed E-state index contributed by atoms with van der Waals surface area (Å²) < 4.78 is 0. The van der Waals surface area contributed by atoms with Crippen LogP contribution in [0, 0.1) is 23.2 Å². The molecule has 0 aliphatic rings. The largest absolute Gasteiger partial charge is 0.481 e. The van der Waals surface area contributed by atoms with Gasteiger partial charge >= 0.3 is 17.9 Å². The molecule has 0 aliphatic heterocycles. The monoisotopic (exact) mass is 2070 g/mol. The highest BCUT2D eigenvalue weighted by molar-refractivity contribution is 7.80. The molecule has 19 amide bonds. The van der Waals surface area contributed by atoms with Crippen molar-refractivity contribution in [2.24, 2.45) is 35.0 Å². The normalized spacial score (nSPS) is 15.2. The Kier molecular flexibility index (Phi) is 58.6. The van der Waals surface area contributed by atoms with Crippen LogP contribution in [0.5, 0.6) is 0 Å². The van der Waals surface area contributed by atoms with Crippen LogP contribution in [0.2, 0.25) is 0 Å². The number of nitrogens with two attached hydrogens (primary N) is 3. The van der Waals surface area contributed by atoms with Crippen LogP contribution in [-0.4, -0.2) is 362 Å². The molecule has 0 bridgehead atoms. The Labute approximate surface area is 840 Å². The van der Waals surface area contributed by atoms with Crippen LogP contribution in [-0.2, 0) is 118 Å². The second kappa shape index (κ2) is 66.8. The number of hydrogen-bond donors (Lipinski definition) is 34. The fourth-order valence-corrected chi connectivity index (χ4v) is 13.8. The van der Waals surface area contributed by atoms with Crippen molar-refractivity contribution in [2.75, 3.05) is 64.8 Å². The Balaban J connectivity index is 2.26. The summed E-state index contributed by atoms with van der Waals surface area (Å²) in [6.45, 7) is 5.68. The number of carboxylic acid groups (broad SMARTS) is 3. The molecular weight excluding hydrogens is 1930 g/mol. The fraction of sp³-hybridized carbons (Fsp3) is 0.607. The number of aliphatic carboxylic acids is 3. The molecule has 36 N–H and O–H groups in total. The number of aliphatic hydroxyl groups is 6. The zero-order valence-electron chi connectivity index (χ0n) is 81.9. The van der Waals surface area contributed by atoms with E-state index >= 15 is 0 Å². The molecule has 0 saturated carbocycles. The number of guanidine groups is 1. The van der Waals surface area contributed by atoms with Gasteiger partial charge in [-0.05, 0) is 108 Å². The van der Waals surface area contributed by atoms with E-state index in [0.29, 0.717) is 30.4 Å². The molecule has 0 fully saturated rings. The highest BCUT2D eigenvalue weighted by atomic mass is 32.1. The smallest absolute Gasteiger partial charge is 0.327 e. The molecule has 0 heterocycles. The maximum atomic E-state index is 14.6. The first-order valence-corrected chi connectivity index (χ1v) is 47.3. The number of carboxylic acids is 3. The summed E-state index contributed by atoms with van der Waals surface area (Å²) in [6.07, 6.45) is -7.64. The Bertz CT molecular complexity index is 4680. The van der Waals surface area contributed by atoms with E-state index in [9.17, 15) is 151 Å². The van der Waals surface area contributed by atoms with Crippen LogP contribution < -0.4 is 124 Å². The van der Waals surface area contributed by atoms with Crippen molar-refractivity contribution in [1.82, 2.24) is 106 Å². The van der Waals surface area contributed by atoms with E-state index in [0.717, 1.165) is 20.8 Å². The highest BCUT2D eigenvalue weighted by Gasteiger charge is 2.41. The summed E-state index contributed by atoms with van der Waals surface area (Å²) in [5, 5.41) is 145. The molecule has 145 heavy (non-hydrogen) atoms. The predicted molar refractivity (Wildman–Crippen MR) is 517 cm³/mol. The van der Waals surface area contributed by atoms with Crippen molar-refractivity contribution < 1.29 is 151 Å². The van der Waals surface area contributed by atoms with Crippen molar-refractivity contribution in [3.05, 3.63) is 71.8 Å². The van der Waals surface area contributed by atoms with Gasteiger partial charge in [0, 0.05) is 38.0 Å². The van der Waals surface area contributed by atoms with Gasteiger partial charge in [-0.25, -0.2) is 4.79 Å². The van der Waals surface area contributed by atoms with Crippen LogP contribution >= 0.6 is 12.6 Å². The first-order valence-electron chi connectivity index (χ1n) is 46.6. The zero-order chi connectivity index (χ0) is 110. The lowest BCUT2D eigenvalue weighted by Gasteiger charge is -2.30. The van der Waals surface area contributed by atoms with Gasteiger partial charge in [0.1, 0.15) is 90.6 Å². The second-order valence-electron chi connectivity index (χ2n) is 34.8. The summed E-state index contributed by atoms with van der Waals surface area (Å²) in [5.74, 6) is -28.3. The van der Waals surface area contributed by atoms with Gasteiger partial charge in [0.05, 0.1) is 70.4 Å². The zero-order valence-corrected chi connectivity index (χ0v) is 82.8. The third-order valence-electron chi connectivity index (χ3n) is 21.9. The van der Waals surface area contributed by atoms with E-state index < -0.39 is 341 Å². The SMILES string of the molecule is CC[C@H](C)[C@H](NC(=O)[C@@H](NC(=O)[C@H](CC(C)C)NC(=O)[C@@H](NC(=O)[C@H](Cc1ccccc1)NC(=O)[C@H](CCC(=O)O)NC(=O)[C@@H](NC(=O)CNC(=O)[C@H](CO)NC(=O)CNC(=O)[C@H](CO)NC(=O)CNC(=O)[C@H](CCCCN)NC(=O)[C@H](Cc1ccccc1)NC(=O)[C@@H](N)CCCNC(=N)N)[C@@H](C)O)[C@@H](C)O)[C@@H](C)O)C(=O)N[C@@H](CO)C(=O)NCC(=O)N[C@H](C(=O)N[C@@H](CCC(=O)O)C(=O)N[C@@H](CS)C(=O)O)C(C)C. The number of carbonyl (C=O) groups excluding carboxylic acids is 19.